The van der Waals surface area contributed by atoms with E-state index in [4.69, 9.17) is 75.8 Å². The molecule has 0 aromatic carbocycles. The Kier molecular flexibility index (Phi) is 24.8. The molecule has 7 saturated heterocycles. The van der Waals surface area contributed by atoms with Gasteiger partial charge in [0.05, 0.1) is 51.3 Å². The van der Waals surface area contributed by atoms with Crippen LogP contribution in [0.25, 0.3) is 0 Å². The molecule has 3 saturated carbocycles. The van der Waals surface area contributed by atoms with Crippen LogP contribution in [0.5, 0.6) is 0 Å². The molecule has 103 heavy (non-hydrogen) atoms. The van der Waals surface area contributed by atoms with Gasteiger partial charge in [-0.2, -0.15) is 0 Å². The molecule has 38 atom stereocenters. The molecule has 592 valence electrons. The SMILES string of the molecule is CO[C@@H]1[C@@H](O)[C@H](O[C@@H]2[C@@H](O)[C@H](O[C@H]3[C@H](O)[C@@H](O)[C@H](O[C@H]4[C@H](O[C@H]5CC[C@]6(C)C7=C[C@H](O)[C@]89C(=O)O[C@@](C)(CCCC(C)(C)OC(C)=O)[C@H]8CC[C@@]9(C)[C@@H]7CC[C@H]6C5(C)C)OC[C@@H](O[C@@H]5O[C@H](CO)[C@@H](O)[C@H](O[C@@H]6O[C@H](CO)[C@@H](O)[C@H](OC)[C@H]6O)[C@H]5O)[C@@H]4O)O[C@@H]3C)O[C@H](CO)[C@H]2O)O[C@H](CO)[C@H]1O. The van der Waals surface area contributed by atoms with Crippen LogP contribution in [-0.4, -0.2) is 342 Å². The fraction of sp³-hybridized carbons (Fsp3) is 0.942. The summed E-state index contributed by atoms with van der Waals surface area (Å²) < 4.78 is 95.8. The van der Waals surface area contributed by atoms with Crippen LogP contribution in [-0.2, 0) is 85.4 Å². The summed E-state index contributed by atoms with van der Waals surface area (Å²) in [5, 5.41) is 180. The standard InChI is InChI=1S/C69H112O34/c1-27-51(98-61-50(86)55(43(79)34(25-73)95-61)100-60-48(84)53(89-11)41(77)32(23-71)94-60)45(81)46(82)57(91-27)101-56-44(80)35(96-58-49(85)54(42(78)33(24-72)92-58)99-59-47(83)52(88-10)40(76)31(22-70)93-59)26-90-62(56)97-39-16-19-66(7)30-21-38(75)69-37(15-20-67(69,8)29(30)13-14-36(66)65(39,5)6)68(9,103-63(69)87)18-12-17-64(3,4)102-28(2)74/h21,27,29,31-62,70-73,75-86H,12-20,22-26H2,1-11H3/t27-,29-,31-,32-,33-,34-,35-,36+,37-,38+,39+,40-,41-,42-,43-,44+,45-,46-,47-,48-,49-,50-,51-,52+,53+,54+,55+,56-,57+,58+,59+,60+,61+,62+,66-,67+,68+,69+/m1/s1. The molecule has 0 aromatic heterocycles. The molecule has 34 nitrogen and oxygen atoms in total. The molecule has 0 aromatic rings. The highest BCUT2D eigenvalue weighted by Gasteiger charge is 2.79. The largest absolute Gasteiger partial charge is 0.460 e. The van der Waals surface area contributed by atoms with Gasteiger partial charge in [-0.25, -0.2) is 0 Å². The monoisotopic (exact) mass is 1480 g/mol. The van der Waals surface area contributed by atoms with Crippen molar-refractivity contribution in [3.63, 3.8) is 0 Å². The summed E-state index contributed by atoms with van der Waals surface area (Å²) in [5.74, 6) is -1.32. The van der Waals surface area contributed by atoms with Gasteiger partial charge in [-0.3, -0.25) is 9.59 Å². The lowest BCUT2D eigenvalue weighted by Crippen LogP contribution is -2.67. The zero-order valence-electron chi connectivity index (χ0n) is 60.1. The van der Waals surface area contributed by atoms with Gasteiger partial charge < -0.3 is 157 Å². The number of rotatable bonds is 23. The number of cyclic esters (lactones) is 1. The van der Waals surface area contributed by atoms with Crippen molar-refractivity contribution in [2.75, 3.05) is 47.3 Å². The normalized spacial score (nSPS) is 51.4. The van der Waals surface area contributed by atoms with Crippen LogP contribution in [0.15, 0.2) is 11.6 Å². The molecule has 0 bridgehead atoms. The number of fused-ring (bicyclic) bond motifs is 4. The van der Waals surface area contributed by atoms with Gasteiger partial charge in [0.25, 0.3) is 0 Å². The van der Waals surface area contributed by atoms with Crippen molar-refractivity contribution >= 4 is 11.9 Å². The summed E-state index contributed by atoms with van der Waals surface area (Å²) in [6.45, 7) is 13.0. The Hall–Kier alpha value is -2.52. The molecule has 1 spiro atoms. The number of ether oxygens (including phenoxy) is 16. The molecule has 0 unspecified atom stereocenters. The van der Waals surface area contributed by atoms with Gasteiger partial charge in [0.15, 0.2) is 37.7 Å². The van der Waals surface area contributed by atoms with Gasteiger partial charge in [-0.05, 0) is 114 Å². The average molecular weight is 1490 g/mol. The first-order chi connectivity index (χ1) is 48.5. The van der Waals surface area contributed by atoms with E-state index in [2.05, 4.69) is 27.7 Å². The summed E-state index contributed by atoms with van der Waals surface area (Å²) >= 11 is 0. The average Bonchev–Trinajstić information content (AvgIpc) is 1.52. The number of methoxy groups -OCH3 is 2. The Morgan fingerprint density at radius 3 is 1.51 bits per heavy atom. The van der Waals surface area contributed by atoms with E-state index in [0.29, 0.717) is 57.8 Å². The van der Waals surface area contributed by atoms with Crippen LogP contribution < -0.4 is 0 Å². The molecule has 16 N–H and O–H groups in total. The maximum absolute atomic E-state index is 14.8. The summed E-state index contributed by atoms with van der Waals surface area (Å²) in [6, 6.07) is 0. The summed E-state index contributed by atoms with van der Waals surface area (Å²) in [4.78, 5) is 26.7. The van der Waals surface area contributed by atoms with Crippen LogP contribution in [0.4, 0.5) is 0 Å². The van der Waals surface area contributed by atoms with Crippen LogP contribution in [0, 0.1) is 39.4 Å². The van der Waals surface area contributed by atoms with E-state index in [9.17, 15) is 91.3 Å². The quantitative estimate of drug-likeness (QED) is 0.0261. The third kappa shape index (κ3) is 14.4. The van der Waals surface area contributed by atoms with Crippen molar-refractivity contribution < 1.29 is 167 Å². The third-order valence-electron chi connectivity index (χ3n) is 25.3. The number of carbonyl (C=O) groups is 2. The molecule has 11 aliphatic rings. The van der Waals surface area contributed by atoms with Gasteiger partial charge in [-0.1, -0.05) is 39.3 Å². The third-order valence-corrected chi connectivity index (χ3v) is 25.3. The first kappa shape index (κ1) is 81.5. The van der Waals surface area contributed by atoms with E-state index in [-0.39, 0.29) is 23.7 Å². The molecule has 4 aliphatic carbocycles. The Labute approximate surface area is 597 Å². The second-order valence-electron chi connectivity index (χ2n) is 32.1. The summed E-state index contributed by atoms with van der Waals surface area (Å²) in [5.41, 5.74) is -3.74. The first-order valence-electron chi connectivity index (χ1n) is 36.1. The predicted octanol–water partition coefficient (Wildman–Crippen LogP) is -4.35. The fourth-order valence-corrected chi connectivity index (χ4v) is 19.9. The number of aliphatic hydroxyl groups is 16. The molecular weight excluding hydrogens is 1370 g/mol. The maximum Gasteiger partial charge on any atom is 0.316 e. The van der Waals surface area contributed by atoms with E-state index in [1.807, 2.05) is 26.8 Å². The molecule has 7 heterocycles. The maximum atomic E-state index is 14.8. The van der Waals surface area contributed by atoms with Crippen LogP contribution >= 0.6 is 0 Å². The highest BCUT2D eigenvalue weighted by Crippen LogP contribution is 2.76. The Balaban J connectivity index is 0.835. The van der Waals surface area contributed by atoms with Gasteiger partial charge in [0, 0.05) is 27.1 Å². The second kappa shape index (κ2) is 31.3. The number of aliphatic hydroxyl groups excluding tert-OH is 16. The van der Waals surface area contributed by atoms with Crippen molar-refractivity contribution in [2.45, 2.75) is 322 Å². The number of hydrogen-bond acceptors (Lipinski definition) is 34. The molecule has 0 amide bonds. The van der Waals surface area contributed by atoms with Crippen LogP contribution in [0.2, 0.25) is 0 Å². The Bertz CT molecular complexity index is 2910. The number of allylic oxidation sites excluding steroid dienone is 1. The molecule has 11 rings (SSSR count). The van der Waals surface area contributed by atoms with Crippen LogP contribution in [0.1, 0.15) is 120 Å². The fourth-order valence-electron chi connectivity index (χ4n) is 19.9. The lowest BCUT2D eigenvalue weighted by Gasteiger charge is -2.64. The van der Waals surface area contributed by atoms with Crippen molar-refractivity contribution in [3.05, 3.63) is 11.6 Å². The highest BCUT2D eigenvalue weighted by molar-refractivity contribution is 5.84. The molecule has 7 aliphatic heterocycles. The number of esters is 2. The van der Waals surface area contributed by atoms with Gasteiger partial charge in [0.2, 0.25) is 0 Å². The highest BCUT2D eigenvalue weighted by atomic mass is 16.8. The topological polar surface area (TPSA) is 506 Å². The molecule has 34 heteroatoms. The minimum atomic E-state index is -2.10. The van der Waals surface area contributed by atoms with E-state index in [0.717, 1.165) is 5.57 Å². The second-order valence-corrected chi connectivity index (χ2v) is 32.1. The summed E-state index contributed by atoms with van der Waals surface area (Å²) in [6.07, 6.45) is -44.3. The van der Waals surface area contributed by atoms with E-state index in [1.165, 1.54) is 28.1 Å². The van der Waals surface area contributed by atoms with E-state index >= 15 is 0 Å². The smallest absolute Gasteiger partial charge is 0.316 e. The summed E-state index contributed by atoms with van der Waals surface area (Å²) in [7, 11) is 2.35. The lowest BCUT2D eigenvalue weighted by molar-refractivity contribution is -0.397. The number of hydrogen-bond donors (Lipinski definition) is 16. The van der Waals surface area contributed by atoms with Crippen LogP contribution in [0.3, 0.4) is 0 Å². The first-order valence-corrected chi connectivity index (χ1v) is 36.1. The molecule has 10 fully saturated rings. The number of carbonyl (C=O) groups excluding carboxylic acids is 2. The minimum absolute atomic E-state index is 0.104. The van der Waals surface area contributed by atoms with Gasteiger partial charge >= 0.3 is 11.9 Å². The molecular formula is C69H112O34. The lowest BCUT2D eigenvalue weighted by atomic mass is 9.40. The van der Waals surface area contributed by atoms with Crippen molar-refractivity contribution in [2.24, 2.45) is 39.4 Å². The zero-order chi connectivity index (χ0) is 75.3. The van der Waals surface area contributed by atoms with Gasteiger partial charge in [-0.15, -0.1) is 0 Å². The minimum Gasteiger partial charge on any atom is -0.460 e. The molecule has 0 radical (unpaired) electrons. The van der Waals surface area contributed by atoms with Crippen molar-refractivity contribution in [1.29, 1.82) is 0 Å². The van der Waals surface area contributed by atoms with Crippen molar-refractivity contribution in [3.8, 4) is 0 Å². The van der Waals surface area contributed by atoms with Crippen molar-refractivity contribution in [1.82, 2.24) is 0 Å². The zero-order valence-corrected chi connectivity index (χ0v) is 60.1. The van der Waals surface area contributed by atoms with Gasteiger partial charge in [0.1, 0.15) is 151 Å². The predicted molar refractivity (Wildman–Crippen MR) is 343 cm³/mol. The Morgan fingerprint density at radius 1 is 0.534 bits per heavy atom. The van der Waals surface area contributed by atoms with E-state index < -0.39 is 262 Å². The Morgan fingerprint density at radius 2 is 1.01 bits per heavy atom. The van der Waals surface area contributed by atoms with E-state index in [1.54, 1.807) is 0 Å².